The molecule has 4 nitrogen and oxygen atoms in total. The van der Waals surface area contributed by atoms with Gasteiger partial charge in [-0.25, -0.2) is 4.79 Å². The topological polar surface area (TPSA) is 66.4 Å². The lowest BCUT2D eigenvalue weighted by molar-refractivity contribution is -0.144. The van der Waals surface area contributed by atoms with Crippen LogP contribution in [0.4, 0.5) is 0 Å². The van der Waals surface area contributed by atoms with E-state index in [0.717, 1.165) is 19.3 Å². The molecule has 0 aromatic heterocycles. The largest absolute Gasteiger partial charge is 0.480 e. The highest BCUT2D eigenvalue weighted by atomic mass is 16.4. The number of unbranched alkanes of at least 4 members (excludes halogenated alkanes) is 4. The number of carbonyl (C=O) groups is 2. The highest BCUT2D eigenvalue weighted by molar-refractivity contribution is 5.84. The first-order chi connectivity index (χ1) is 8.29. The summed E-state index contributed by atoms with van der Waals surface area (Å²) in [5, 5.41) is 11.7. The number of nitrogens with one attached hydrogen (secondary N) is 1. The van der Waals surface area contributed by atoms with E-state index >= 15 is 0 Å². The van der Waals surface area contributed by atoms with Crippen LogP contribution >= 0.6 is 0 Å². The molecule has 18 heavy (non-hydrogen) atoms. The van der Waals surface area contributed by atoms with Crippen molar-refractivity contribution in [1.82, 2.24) is 5.32 Å². The maximum absolute atomic E-state index is 11.7. The summed E-state index contributed by atoms with van der Waals surface area (Å²) in [6.45, 7) is 7.58. The van der Waals surface area contributed by atoms with E-state index in [0.29, 0.717) is 6.42 Å². The minimum absolute atomic E-state index is 0.158. The highest BCUT2D eigenvalue weighted by Crippen LogP contribution is 2.19. The van der Waals surface area contributed by atoms with Crippen molar-refractivity contribution in [1.29, 1.82) is 0 Å². The number of carbonyl (C=O) groups excluding carboxylic acids is 1. The minimum atomic E-state index is -0.971. The first-order valence-corrected chi connectivity index (χ1v) is 6.81. The Labute approximate surface area is 110 Å². The zero-order chi connectivity index (χ0) is 14.2. The van der Waals surface area contributed by atoms with E-state index < -0.39 is 17.4 Å². The second-order valence-electron chi connectivity index (χ2n) is 5.87. The molecule has 1 amide bonds. The molecule has 106 valence electrons. The van der Waals surface area contributed by atoms with Gasteiger partial charge >= 0.3 is 5.97 Å². The monoisotopic (exact) mass is 257 g/mol. The van der Waals surface area contributed by atoms with Crippen LogP contribution in [0.15, 0.2) is 0 Å². The number of hydrogen-bond acceptors (Lipinski definition) is 2. The summed E-state index contributed by atoms with van der Waals surface area (Å²) in [6.07, 6.45) is 5.81. The van der Waals surface area contributed by atoms with Gasteiger partial charge in [-0.05, 0) is 11.8 Å². The summed E-state index contributed by atoms with van der Waals surface area (Å²) >= 11 is 0. The van der Waals surface area contributed by atoms with Gasteiger partial charge in [0.15, 0.2) is 0 Å². The maximum atomic E-state index is 11.7. The molecule has 0 fully saturated rings. The summed E-state index contributed by atoms with van der Waals surface area (Å²) in [5.74, 6) is -1.13. The Hall–Kier alpha value is -1.06. The van der Waals surface area contributed by atoms with Gasteiger partial charge in [0.2, 0.25) is 5.91 Å². The zero-order valence-corrected chi connectivity index (χ0v) is 12.1. The van der Waals surface area contributed by atoms with Crippen LogP contribution in [0.5, 0.6) is 0 Å². The van der Waals surface area contributed by atoms with Crippen LogP contribution in [0, 0.1) is 5.41 Å². The number of aliphatic carboxylic acids is 1. The number of hydrogen-bond donors (Lipinski definition) is 2. The molecule has 0 saturated carbocycles. The van der Waals surface area contributed by atoms with Crippen molar-refractivity contribution in [3.63, 3.8) is 0 Å². The molecule has 2 N–H and O–H groups in total. The third-order valence-electron chi connectivity index (χ3n) is 2.93. The van der Waals surface area contributed by atoms with Gasteiger partial charge in [-0.15, -0.1) is 0 Å². The standard InChI is InChI=1S/C14H27NO3/c1-5-6-7-8-9-10-11(16)15-12(13(17)18)14(2,3)4/h12H,5-10H2,1-4H3,(H,15,16)(H,17,18)/t12-/m1/s1. The van der Waals surface area contributed by atoms with Crippen LogP contribution in [0.2, 0.25) is 0 Å². The Balaban J connectivity index is 4.01. The molecule has 1 atom stereocenters. The number of carboxylic acids is 1. The lowest BCUT2D eigenvalue weighted by atomic mass is 9.86. The fourth-order valence-electron chi connectivity index (χ4n) is 1.77. The predicted molar refractivity (Wildman–Crippen MR) is 72.4 cm³/mol. The van der Waals surface area contributed by atoms with Crippen molar-refractivity contribution in [3.8, 4) is 0 Å². The van der Waals surface area contributed by atoms with Gasteiger partial charge in [-0.2, -0.15) is 0 Å². The number of rotatable bonds is 8. The van der Waals surface area contributed by atoms with Gasteiger partial charge in [-0.1, -0.05) is 53.4 Å². The normalized spacial score (nSPS) is 13.1. The van der Waals surface area contributed by atoms with Crippen LogP contribution in [0.3, 0.4) is 0 Å². The van der Waals surface area contributed by atoms with Crippen molar-refractivity contribution in [2.45, 2.75) is 72.3 Å². The molecular formula is C14H27NO3. The fourth-order valence-corrected chi connectivity index (χ4v) is 1.77. The molecule has 0 aromatic rings. The van der Waals surface area contributed by atoms with Crippen LogP contribution < -0.4 is 5.32 Å². The molecule has 0 aromatic carbocycles. The first kappa shape index (κ1) is 16.9. The van der Waals surface area contributed by atoms with Gasteiger partial charge in [0.25, 0.3) is 0 Å². The van der Waals surface area contributed by atoms with Crippen LogP contribution in [-0.4, -0.2) is 23.0 Å². The van der Waals surface area contributed by atoms with Crippen molar-refractivity contribution < 1.29 is 14.7 Å². The Morgan fingerprint density at radius 3 is 2.11 bits per heavy atom. The van der Waals surface area contributed by atoms with Crippen molar-refractivity contribution in [2.24, 2.45) is 5.41 Å². The fraction of sp³-hybridized carbons (Fsp3) is 0.857. The Bertz CT molecular complexity index is 269. The maximum Gasteiger partial charge on any atom is 0.326 e. The lowest BCUT2D eigenvalue weighted by Gasteiger charge is -2.27. The average molecular weight is 257 g/mol. The van der Waals surface area contributed by atoms with E-state index in [1.807, 2.05) is 20.8 Å². The molecule has 0 aliphatic heterocycles. The van der Waals surface area contributed by atoms with E-state index in [9.17, 15) is 9.59 Å². The summed E-state index contributed by atoms with van der Waals surface area (Å²) in [4.78, 5) is 22.7. The number of amides is 1. The molecule has 0 saturated heterocycles. The molecule has 0 bridgehead atoms. The summed E-state index contributed by atoms with van der Waals surface area (Å²) in [5.41, 5.74) is -0.469. The summed E-state index contributed by atoms with van der Waals surface area (Å²) in [6, 6.07) is -0.819. The van der Waals surface area contributed by atoms with E-state index in [-0.39, 0.29) is 5.91 Å². The molecule has 0 aliphatic carbocycles. The molecule has 0 rings (SSSR count). The summed E-state index contributed by atoms with van der Waals surface area (Å²) < 4.78 is 0. The van der Waals surface area contributed by atoms with Crippen LogP contribution in [0.1, 0.15) is 66.2 Å². The highest BCUT2D eigenvalue weighted by Gasteiger charge is 2.32. The van der Waals surface area contributed by atoms with E-state index in [1.54, 1.807) is 0 Å². The van der Waals surface area contributed by atoms with Crippen LogP contribution in [-0.2, 0) is 9.59 Å². The number of carboxylic acid groups (broad SMARTS) is 1. The zero-order valence-electron chi connectivity index (χ0n) is 12.1. The van der Waals surface area contributed by atoms with Crippen molar-refractivity contribution in [2.75, 3.05) is 0 Å². The van der Waals surface area contributed by atoms with E-state index in [1.165, 1.54) is 12.8 Å². The quantitative estimate of drug-likeness (QED) is 0.657. The Morgan fingerprint density at radius 2 is 1.67 bits per heavy atom. The third-order valence-corrected chi connectivity index (χ3v) is 2.93. The van der Waals surface area contributed by atoms with E-state index in [4.69, 9.17) is 5.11 Å². The van der Waals surface area contributed by atoms with Gasteiger partial charge < -0.3 is 10.4 Å². The Morgan fingerprint density at radius 1 is 1.11 bits per heavy atom. The van der Waals surface area contributed by atoms with Crippen molar-refractivity contribution in [3.05, 3.63) is 0 Å². The second-order valence-corrected chi connectivity index (χ2v) is 5.87. The molecule has 0 radical (unpaired) electrons. The SMILES string of the molecule is CCCCCCCC(=O)N[C@H](C(=O)O)C(C)(C)C. The predicted octanol–water partition coefficient (Wildman–Crippen LogP) is 2.96. The third kappa shape index (κ3) is 7.30. The second kappa shape index (κ2) is 8.11. The minimum Gasteiger partial charge on any atom is -0.480 e. The van der Waals surface area contributed by atoms with Crippen LogP contribution in [0.25, 0.3) is 0 Å². The molecule has 4 heteroatoms. The van der Waals surface area contributed by atoms with Crippen molar-refractivity contribution >= 4 is 11.9 Å². The Kier molecular flexibility index (Phi) is 7.64. The molecule has 0 spiro atoms. The smallest absolute Gasteiger partial charge is 0.326 e. The lowest BCUT2D eigenvalue weighted by Crippen LogP contribution is -2.49. The average Bonchev–Trinajstić information content (AvgIpc) is 2.23. The van der Waals surface area contributed by atoms with E-state index in [2.05, 4.69) is 12.2 Å². The van der Waals surface area contributed by atoms with Gasteiger partial charge in [-0.3, -0.25) is 4.79 Å². The summed E-state index contributed by atoms with van der Waals surface area (Å²) in [7, 11) is 0. The molecule has 0 unspecified atom stereocenters. The van der Waals surface area contributed by atoms with Gasteiger partial charge in [0, 0.05) is 6.42 Å². The van der Waals surface area contributed by atoms with Gasteiger partial charge in [0.05, 0.1) is 0 Å². The first-order valence-electron chi connectivity index (χ1n) is 6.81. The molecule has 0 heterocycles. The van der Waals surface area contributed by atoms with Gasteiger partial charge in [0.1, 0.15) is 6.04 Å². The molecule has 0 aliphatic rings. The molecular weight excluding hydrogens is 230 g/mol.